The van der Waals surface area contributed by atoms with Crippen molar-refractivity contribution >= 4 is 17.7 Å². The minimum absolute atomic E-state index is 0.0324. The van der Waals surface area contributed by atoms with Crippen molar-refractivity contribution in [1.82, 2.24) is 4.98 Å². The molecule has 51 heavy (non-hydrogen) atoms. The highest BCUT2D eigenvalue weighted by Crippen LogP contribution is 2.29. The molecule has 0 radical (unpaired) electrons. The third-order valence-corrected chi connectivity index (χ3v) is 9.39. The zero-order chi connectivity index (χ0) is 36.0. The zero-order valence-electron chi connectivity index (χ0n) is 29.2. The monoisotopic (exact) mass is 685 g/mol. The predicted molar refractivity (Wildman–Crippen MR) is 198 cm³/mol. The smallest absolute Gasteiger partial charge is 0.339 e. The molecule has 0 fully saturated rings. The van der Waals surface area contributed by atoms with E-state index < -0.39 is 23.6 Å². The molecule has 262 valence electrons. The molecule has 0 saturated heterocycles. The van der Waals surface area contributed by atoms with Gasteiger partial charge in [-0.2, -0.15) is 0 Å². The molecule has 0 bridgehead atoms. The van der Waals surface area contributed by atoms with Gasteiger partial charge in [0.05, 0.1) is 24.7 Å². The van der Waals surface area contributed by atoms with Gasteiger partial charge in [0.1, 0.15) is 11.6 Å². The molecule has 0 aliphatic heterocycles. The van der Waals surface area contributed by atoms with Crippen molar-refractivity contribution in [3.63, 3.8) is 0 Å². The maximum atomic E-state index is 15.1. The first-order valence-electron chi connectivity index (χ1n) is 17.6. The van der Waals surface area contributed by atoms with E-state index in [0.29, 0.717) is 36.8 Å². The van der Waals surface area contributed by atoms with Crippen molar-refractivity contribution in [2.75, 3.05) is 13.2 Å². The molecule has 0 aliphatic carbocycles. The Morgan fingerprint density at radius 2 is 1.27 bits per heavy atom. The molecule has 4 aromatic carbocycles. The Morgan fingerprint density at radius 1 is 0.667 bits per heavy atom. The van der Waals surface area contributed by atoms with Gasteiger partial charge >= 0.3 is 11.9 Å². The second-order valence-electron chi connectivity index (χ2n) is 12.9. The van der Waals surface area contributed by atoms with Crippen LogP contribution in [0.15, 0.2) is 128 Å². The van der Waals surface area contributed by atoms with Gasteiger partial charge in [0.2, 0.25) is 0 Å². The summed E-state index contributed by atoms with van der Waals surface area (Å²) in [5, 5.41) is 0. The number of carbonyl (C=O) groups excluding carboxylic acids is 3. The Hall–Kier alpha value is -5.43. The highest BCUT2D eigenvalue weighted by Gasteiger charge is 2.21. The number of ether oxygens (including phenoxy) is 2. The van der Waals surface area contributed by atoms with Crippen LogP contribution >= 0.6 is 0 Å². The number of aromatic nitrogens is 1. The van der Waals surface area contributed by atoms with Crippen molar-refractivity contribution < 1.29 is 28.2 Å². The zero-order valence-corrected chi connectivity index (χ0v) is 29.2. The molecule has 0 spiro atoms. The molecule has 6 nitrogen and oxygen atoms in total. The number of benzene rings is 4. The molecule has 0 N–H and O–H groups in total. The summed E-state index contributed by atoms with van der Waals surface area (Å²) in [5.74, 6) is -2.19. The lowest BCUT2D eigenvalue weighted by Gasteiger charge is -2.19. The third-order valence-electron chi connectivity index (χ3n) is 9.39. The van der Waals surface area contributed by atoms with Gasteiger partial charge in [0.25, 0.3) is 0 Å². The summed E-state index contributed by atoms with van der Waals surface area (Å²) >= 11 is 0. The van der Waals surface area contributed by atoms with Gasteiger partial charge in [-0.15, -0.1) is 0 Å². The van der Waals surface area contributed by atoms with E-state index in [4.69, 9.17) is 9.47 Å². The maximum Gasteiger partial charge on any atom is 0.339 e. The van der Waals surface area contributed by atoms with Crippen LogP contribution < -0.4 is 0 Å². The van der Waals surface area contributed by atoms with E-state index in [0.717, 1.165) is 27.8 Å². The van der Waals surface area contributed by atoms with E-state index in [2.05, 4.69) is 4.98 Å². The fourth-order valence-electron chi connectivity index (χ4n) is 6.14. The standard InChI is InChI=1S/C44H44FNO5/c1-31(34-18-20-37(21-19-34)35-12-5-3-6-13-35)43(48)50-27-24-33(25-28-51-44(49)39-16-10-26-46-30-39)11-9-17-42(47)32(2)40-23-22-38(29-41(40)45)36-14-7-4-8-15-36/h3-8,10,12-16,18-23,26,29-33H,9,11,17,24-25,27-28H2,1-2H3. The second kappa shape index (κ2) is 18.5. The molecule has 3 unspecified atom stereocenters. The van der Waals surface area contributed by atoms with E-state index in [9.17, 15) is 14.4 Å². The summed E-state index contributed by atoms with van der Waals surface area (Å²) in [6, 6.07) is 35.9. The lowest BCUT2D eigenvalue weighted by molar-refractivity contribution is -0.145. The largest absolute Gasteiger partial charge is 0.465 e. The molecular formula is C44H44FNO5. The number of carbonyl (C=O) groups is 3. The Bertz CT molecular complexity index is 1860. The number of Topliss-reactive ketones (excluding diaryl/α,β-unsaturated/α-hetero) is 1. The molecule has 7 heteroatoms. The fraction of sp³-hybridized carbons (Fsp3) is 0.273. The Labute approximate surface area is 299 Å². The number of pyridine rings is 1. The molecule has 1 heterocycles. The van der Waals surface area contributed by atoms with E-state index in [1.54, 1.807) is 31.3 Å². The van der Waals surface area contributed by atoms with Crippen LogP contribution in [0.5, 0.6) is 0 Å². The van der Waals surface area contributed by atoms with Crippen LogP contribution in [0, 0.1) is 11.7 Å². The molecule has 1 aromatic heterocycles. The van der Waals surface area contributed by atoms with Crippen LogP contribution in [0.2, 0.25) is 0 Å². The minimum Gasteiger partial charge on any atom is -0.465 e. The van der Waals surface area contributed by atoms with Crippen molar-refractivity contribution in [3.8, 4) is 22.3 Å². The van der Waals surface area contributed by atoms with Crippen LogP contribution in [0.1, 0.15) is 79.3 Å². The number of hydrogen-bond donors (Lipinski definition) is 0. The van der Waals surface area contributed by atoms with Crippen LogP contribution in [0.25, 0.3) is 22.3 Å². The second-order valence-corrected chi connectivity index (χ2v) is 12.9. The number of esters is 2. The van der Waals surface area contributed by atoms with Gasteiger partial charge in [0, 0.05) is 24.7 Å². The lowest BCUT2D eigenvalue weighted by Crippen LogP contribution is -2.17. The van der Waals surface area contributed by atoms with Crippen LogP contribution in [0.3, 0.4) is 0 Å². The lowest BCUT2D eigenvalue weighted by atomic mass is 9.89. The van der Waals surface area contributed by atoms with Gasteiger partial charge in [-0.1, -0.05) is 104 Å². The van der Waals surface area contributed by atoms with Gasteiger partial charge in [-0.3, -0.25) is 14.6 Å². The van der Waals surface area contributed by atoms with Gasteiger partial charge in [-0.05, 0) is 90.1 Å². The molecule has 0 aliphatic rings. The Balaban J connectivity index is 1.14. The highest BCUT2D eigenvalue weighted by atomic mass is 19.1. The molecule has 5 aromatic rings. The number of hydrogen-bond acceptors (Lipinski definition) is 6. The summed E-state index contributed by atoms with van der Waals surface area (Å²) in [5.41, 5.74) is 5.49. The quantitative estimate of drug-likeness (QED) is 0.0907. The van der Waals surface area contributed by atoms with E-state index in [1.807, 2.05) is 97.9 Å². The molecule has 0 saturated carbocycles. The summed E-state index contributed by atoms with van der Waals surface area (Å²) in [4.78, 5) is 42.7. The summed E-state index contributed by atoms with van der Waals surface area (Å²) in [7, 11) is 0. The van der Waals surface area contributed by atoms with E-state index in [-0.39, 0.29) is 37.3 Å². The Morgan fingerprint density at radius 3 is 1.90 bits per heavy atom. The molecule has 3 atom stereocenters. The molecule has 0 amide bonds. The van der Waals surface area contributed by atoms with Gasteiger partial charge < -0.3 is 9.47 Å². The predicted octanol–water partition coefficient (Wildman–Crippen LogP) is 10.00. The number of halogens is 1. The first kappa shape index (κ1) is 36.8. The fourth-order valence-corrected chi connectivity index (χ4v) is 6.14. The minimum atomic E-state index is -0.585. The van der Waals surface area contributed by atoms with Crippen molar-refractivity contribution in [1.29, 1.82) is 0 Å². The van der Waals surface area contributed by atoms with Gasteiger partial charge in [-0.25, -0.2) is 9.18 Å². The molecule has 5 rings (SSSR count). The van der Waals surface area contributed by atoms with Crippen LogP contribution in [-0.2, 0) is 19.1 Å². The topological polar surface area (TPSA) is 82.6 Å². The number of ketones is 1. The number of rotatable bonds is 17. The number of nitrogens with zero attached hydrogens (tertiary/aromatic N) is 1. The Kier molecular flexibility index (Phi) is 13.4. The SMILES string of the molecule is CC(C(=O)OCCC(CCCC(=O)C(C)c1ccc(-c2ccccc2)cc1F)CCOC(=O)c1cccnc1)c1ccc(-c2ccccc2)cc1. The average molecular weight is 686 g/mol. The normalized spacial score (nSPS) is 12.8. The summed E-state index contributed by atoms with van der Waals surface area (Å²) < 4.78 is 26.4. The van der Waals surface area contributed by atoms with E-state index >= 15 is 4.39 Å². The van der Waals surface area contributed by atoms with Crippen molar-refractivity contribution in [2.24, 2.45) is 5.92 Å². The first-order valence-corrected chi connectivity index (χ1v) is 17.6. The average Bonchev–Trinajstić information content (AvgIpc) is 3.18. The van der Waals surface area contributed by atoms with Crippen molar-refractivity contribution in [3.05, 3.63) is 150 Å². The van der Waals surface area contributed by atoms with Crippen LogP contribution in [-0.4, -0.2) is 35.9 Å². The van der Waals surface area contributed by atoms with E-state index in [1.165, 1.54) is 12.3 Å². The summed E-state index contributed by atoms with van der Waals surface area (Å²) in [6.45, 7) is 3.96. The van der Waals surface area contributed by atoms with Gasteiger partial charge in [0.15, 0.2) is 0 Å². The maximum absolute atomic E-state index is 15.1. The third kappa shape index (κ3) is 10.5. The summed E-state index contributed by atoms with van der Waals surface area (Å²) in [6.07, 6.45) is 5.65. The van der Waals surface area contributed by atoms with Crippen molar-refractivity contribution in [2.45, 2.75) is 57.8 Å². The first-order chi connectivity index (χ1) is 24.8. The highest BCUT2D eigenvalue weighted by molar-refractivity contribution is 5.89. The van der Waals surface area contributed by atoms with Crippen LogP contribution in [0.4, 0.5) is 4.39 Å². The molecular weight excluding hydrogens is 641 g/mol.